The molecule has 0 bridgehead atoms. The van der Waals surface area contributed by atoms with Crippen molar-refractivity contribution in [2.45, 2.75) is 0 Å². The second kappa shape index (κ2) is 4.98. The van der Waals surface area contributed by atoms with Crippen LogP contribution in [-0.2, 0) is 0 Å². The van der Waals surface area contributed by atoms with E-state index in [0.29, 0.717) is 11.0 Å². The number of nitrogens with two attached hydrogens (primary N) is 1. The van der Waals surface area contributed by atoms with Crippen molar-refractivity contribution < 1.29 is 4.39 Å². The van der Waals surface area contributed by atoms with Crippen LogP contribution in [0.5, 0.6) is 0 Å². The van der Waals surface area contributed by atoms with Crippen LogP contribution in [0.15, 0.2) is 48.7 Å². The third-order valence-electron chi connectivity index (χ3n) is 3.03. The molecule has 0 aliphatic carbocycles. The van der Waals surface area contributed by atoms with Crippen molar-refractivity contribution in [1.29, 1.82) is 0 Å². The number of hydrogen-bond acceptors (Lipinski definition) is 2. The summed E-state index contributed by atoms with van der Waals surface area (Å²) >= 11 is 6.05. The summed E-state index contributed by atoms with van der Waals surface area (Å²) in [6.07, 6.45) is 1.68. The van der Waals surface area contributed by atoms with Crippen molar-refractivity contribution in [3.8, 4) is 22.4 Å². The van der Waals surface area contributed by atoms with Gasteiger partial charge in [-0.05, 0) is 29.3 Å². The molecule has 1 heterocycles. The Morgan fingerprint density at radius 3 is 2.35 bits per heavy atom. The molecule has 5 heteroatoms. The molecule has 0 unspecified atom stereocenters. The number of nitrogens with one attached hydrogen (secondary N) is 1. The van der Waals surface area contributed by atoms with Crippen LogP contribution in [0.2, 0.25) is 5.02 Å². The maximum absolute atomic E-state index is 13.0. The first-order chi connectivity index (χ1) is 9.63. The summed E-state index contributed by atoms with van der Waals surface area (Å²) < 4.78 is 13.0. The van der Waals surface area contributed by atoms with Gasteiger partial charge in [0.2, 0.25) is 0 Å². The average Bonchev–Trinajstić information content (AvgIpc) is 2.86. The third kappa shape index (κ3) is 2.38. The van der Waals surface area contributed by atoms with Gasteiger partial charge in [0, 0.05) is 5.56 Å². The lowest BCUT2D eigenvalue weighted by atomic mass is 10.0. The number of nitrogens with zero attached hydrogens (tertiary/aromatic N) is 1. The van der Waals surface area contributed by atoms with Crippen LogP contribution in [0.25, 0.3) is 22.4 Å². The van der Waals surface area contributed by atoms with Crippen LogP contribution >= 0.6 is 11.6 Å². The molecule has 0 saturated heterocycles. The predicted molar refractivity (Wildman–Crippen MR) is 78.8 cm³/mol. The van der Waals surface area contributed by atoms with Gasteiger partial charge in [0.15, 0.2) is 5.95 Å². The molecule has 20 heavy (non-hydrogen) atoms. The van der Waals surface area contributed by atoms with Gasteiger partial charge in [0.1, 0.15) is 5.82 Å². The lowest BCUT2D eigenvalue weighted by Crippen LogP contribution is -1.86. The van der Waals surface area contributed by atoms with Gasteiger partial charge >= 0.3 is 0 Å². The molecule has 3 N–H and O–H groups in total. The third-order valence-corrected chi connectivity index (χ3v) is 3.35. The Kier molecular flexibility index (Phi) is 3.16. The number of benzene rings is 2. The molecule has 0 spiro atoms. The smallest absolute Gasteiger partial charge is 0.197 e. The summed E-state index contributed by atoms with van der Waals surface area (Å²) in [4.78, 5) is 6.92. The monoisotopic (exact) mass is 287 g/mol. The quantitative estimate of drug-likeness (QED) is 0.745. The largest absolute Gasteiger partial charge is 0.369 e. The van der Waals surface area contributed by atoms with E-state index in [-0.39, 0.29) is 5.82 Å². The fraction of sp³-hybridized carbons (Fsp3) is 0. The molecule has 3 nitrogen and oxygen atoms in total. The van der Waals surface area contributed by atoms with E-state index in [0.717, 1.165) is 22.4 Å². The summed E-state index contributed by atoms with van der Waals surface area (Å²) in [5.41, 5.74) is 9.08. The van der Waals surface area contributed by atoms with Gasteiger partial charge in [-0.2, -0.15) is 0 Å². The van der Waals surface area contributed by atoms with E-state index < -0.39 is 0 Å². The molecule has 100 valence electrons. The van der Waals surface area contributed by atoms with Crippen LogP contribution in [0, 0.1) is 5.82 Å². The van der Waals surface area contributed by atoms with E-state index in [1.807, 2.05) is 24.3 Å². The lowest BCUT2D eigenvalue weighted by molar-refractivity contribution is 0.628. The Balaban J connectivity index is 1.97. The standard InChI is InChI=1S/C15H11ClFN3/c16-13-7-11(17)5-6-12(13)9-1-3-10(4-2-9)14-8-19-15(18)20-14/h1-8H,(H3,18,19,20). The highest BCUT2D eigenvalue weighted by Gasteiger charge is 2.06. The minimum Gasteiger partial charge on any atom is -0.369 e. The van der Waals surface area contributed by atoms with Gasteiger partial charge in [0.05, 0.1) is 16.9 Å². The number of anilines is 1. The fourth-order valence-electron chi connectivity index (χ4n) is 2.04. The fourth-order valence-corrected chi connectivity index (χ4v) is 2.31. The molecule has 0 fully saturated rings. The number of rotatable bonds is 2. The van der Waals surface area contributed by atoms with Gasteiger partial charge in [-0.3, -0.25) is 0 Å². The van der Waals surface area contributed by atoms with Crippen LogP contribution in [0.1, 0.15) is 0 Å². The summed E-state index contributed by atoms with van der Waals surface area (Å²) in [6, 6.07) is 12.1. The van der Waals surface area contributed by atoms with Gasteiger partial charge in [-0.15, -0.1) is 0 Å². The van der Waals surface area contributed by atoms with E-state index in [4.69, 9.17) is 17.3 Å². The van der Waals surface area contributed by atoms with Crippen LogP contribution in [0.4, 0.5) is 10.3 Å². The first-order valence-corrected chi connectivity index (χ1v) is 6.37. The Morgan fingerprint density at radius 1 is 1.05 bits per heavy atom. The van der Waals surface area contributed by atoms with Crippen LogP contribution in [0.3, 0.4) is 0 Å². The Labute approximate surface area is 120 Å². The van der Waals surface area contributed by atoms with E-state index in [2.05, 4.69) is 9.97 Å². The molecule has 0 aliphatic rings. The number of nitrogen functional groups attached to an aromatic ring is 1. The Morgan fingerprint density at radius 2 is 1.75 bits per heavy atom. The molecule has 2 aromatic carbocycles. The molecule has 3 aromatic rings. The number of H-pyrrole nitrogens is 1. The zero-order chi connectivity index (χ0) is 14.1. The van der Waals surface area contributed by atoms with Crippen LogP contribution in [-0.4, -0.2) is 9.97 Å². The summed E-state index contributed by atoms with van der Waals surface area (Å²) in [5, 5.41) is 0.392. The number of imidazole rings is 1. The number of halogens is 2. The molecule has 0 radical (unpaired) electrons. The normalized spacial score (nSPS) is 10.7. The highest BCUT2D eigenvalue weighted by atomic mass is 35.5. The Hall–Kier alpha value is -2.33. The van der Waals surface area contributed by atoms with Gasteiger partial charge in [0.25, 0.3) is 0 Å². The minimum atomic E-state index is -0.344. The summed E-state index contributed by atoms with van der Waals surface area (Å²) in [5.74, 6) is 0.0361. The second-order valence-electron chi connectivity index (χ2n) is 4.38. The molecule has 0 amide bonds. The first-order valence-electron chi connectivity index (χ1n) is 6.00. The molecule has 3 rings (SSSR count). The minimum absolute atomic E-state index is 0.344. The van der Waals surface area contributed by atoms with Crippen molar-refractivity contribution in [2.75, 3.05) is 5.73 Å². The number of aromatic amines is 1. The zero-order valence-electron chi connectivity index (χ0n) is 10.4. The predicted octanol–water partition coefficient (Wildman–Crippen LogP) is 4.12. The average molecular weight is 288 g/mol. The van der Waals surface area contributed by atoms with Crippen molar-refractivity contribution in [1.82, 2.24) is 9.97 Å². The van der Waals surface area contributed by atoms with Crippen LogP contribution < -0.4 is 5.73 Å². The van der Waals surface area contributed by atoms with Gasteiger partial charge in [-0.25, -0.2) is 9.37 Å². The molecular weight excluding hydrogens is 277 g/mol. The van der Waals surface area contributed by atoms with Crippen molar-refractivity contribution in [3.05, 3.63) is 59.5 Å². The van der Waals surface area contributed by atoms with Crippen molar-refractivity contribution >= 4 is 17.5 Å². The van der Waals surface area contributed by atoms with E-state index in [1.54, 1.807) is 12.3 Å². The highest BCUT2D eigenvalue weighted by molar-refractivity contribution is 6.33. The van der Waals surface area contributed by atoms with Crippen molar-refractivity contribution in [3.63, 3.8) is 0 Å². The summed E-state index contributed by atoms with van der Waals surface area (Å²) in [6.45, 7) is 0. The highest BCUT2D eigenvalue weighted by Crippen LogP contribution is 2.30. The van der Waals surface area contributed by atoms with Crippen molar-refractivity contribution in [2.24, 2.45) is 0 Å². The molecular formula is C15H11ClFN3. The van der Waals surface area contributed by atoms with E-state index in [9.17, 15) is 4.39 Å². The lowest BCUT2D eigenvalue weighted by Gasteiger charge is -2.05. The maximum Gasteiger partial charge on any atom is 0.197 e. The van der Waals surface area contributed by atoms with Gasteiger partial charge < -0.3 is 10.7 Å². The van der Waals surface area contributed by atoms with E-state index in [1.165, 1.54) is 12.1 Å². The van der Waals surface area contributed by atoms with E-state index >= 15 is 0 Å². The zero-order valence-corrected chi connectivity index (χ0v) is 11.2. The summed E-state index contributed by atoms with van der Waals surface area (Å²) in [7, 11) is 0. The number of aromatic nitrogens is 2. The second-order valence-corrected chi connectivity index (χ2v) is 4.79. The molecule has 0 atom stereocenters. The maximum atomic E-state index is 13.0. The number of hydrogen-bond donors (Lipinski definition) is 2. The SMILES string of the molecule is Nc1ncc(-c2ccc(-c3ccc(F)cc3Cl)cc2)[nH]1. The molecule has 1 aromatic heterocycles. The topological polar surface area (TPSA) is 54.7 Å². The first kappa shape index (κ1) is 12.7. The Bertz CT molecular complexity index is 750. The molecule has 0 aliphatic heterocycles. The van der Waals surface area contributed by atoms with Gasteiger partial charge in [-0.1, -0.05) is 35.9 Å². The molecule has 0 saturated carbocycles.